The lowest BCUT2D eigenvalue weighted by Gasteiger charge is -2.03. The molecule has 4 rings (SSSR count). The molecule has 0 unspecified atom stereocenters. The lowest BCUT2D eigenvalue weighted by molar-refractivity contribution is 0.641. The van der Waals surface area contributed by atoms with Gasteiger partial charge in [-0.25, -0.2) is 14.6 Å². The zero-order valence-electron chi connectivity index (χ0n) is 14.7. The van der Waals surface area contributed by atoms with Gasteiger partial charge in [0.05, 0.1) is 17.4 Å². The first kappa shape index (κ1) is 18.0. The Kier molecular flexibility index (Phi) is 4.50. The number of hydrogen-bond donors (Lipinski definition) is 2. The molecule has 0 aliphatic rings. The molecule has 0 atom stereocenters. The van der Waals surface area contributed by atoms with E-state index in [9.17, 15) is 4.79 Å². The van der Waals surface area contributed by atoms with Gasteiger partial charge in [0.1, 0.15) is 21.6 Å². The smallest absolute Gasteiger partial charge is 0.291 e. The first-order chi connectivity index (χ1) is 13.5. The van der Waals surface area contributed by atoms with Crippen molar-refractivity contribution in [2.75, 3.05) is 0 Å². The quantitative estimate of drug-likeness (QED) is 0.481. The van der Waals surface area contributed by atoms with Gasteiger partial charge in [-0.05, 0) is 6.08 Å². The van der Waals surface area contributed by atoms with Crippen LogP contribution >= 0.6 is 22.7 Å². The molecule has 0 fully saturated rings. The van der Waals surface area contributed by atoms with E-state index in [0.717, 1.165) is 21.3 Å². The van der Waals surface area contributed by atoms with E-state index >= 15 is 0 Å². The third-order valence-electron chi connectivity index (χ3n) is 4.17. The van der Waals surface area contributed by atoms with Crippen molar-refractivity contribution in [1.82, 2.24) is 24.3 Å². The minimum absolute atomic E-state index is 0.212. The molecule has 140 valence electrons. The van der Waals surface area contributed by atoms with Crippen LogP contribution in [0.1, 0.15) is 15.7 Å². The zero-order valence-corrected chi connectivity index (χ0v) is 16.3. The second kappa shape index (κ2) is 6.99. The van der Waals surface area contributed by atoms with Crippen LogP contribution in [-0.4, -0.2) is 30.5 Å². The fourth-order valence-electron chi connectivity index (χ4n) is 2.92. The van der Waals surface area contributed by atoms with Crippen molar-refractivity contribution in [3.05, 3.63) is 49.4 Å². The summed E-state index contributed by atoms with van der Waals surface area (Å²) in [5, 5.41) is 24.1. The van der Waals surface area contributed by atoms with Gasteiger partial charge in [0, 0.05) is 36.1 Å². The maximum Gasteiger partial charge on any atom is 0.291 e. The van der Waals surface area contributed by atoms with Crippen LogP contribution in [0.4, 0.5) is 0 Å². The topological polar surface area (TPSA) is 139 Å². The number of hydrogen-bond acceptors (Lipinski definition) is 9. The molecule has 11 heteroatoms. The number of rotatable bonds is 5. The van der Waals surface area contributed by atoms with Crippen LogP contribution < -0.4 is 11.3 Å². The van der Waals surface area contributed by atoms with E-state index in [1.54, 1.807) is 23.2 Å². The van der Waals surface area contributed by atoms with Crippen LogP contribution in [0.2, 0.25) is 0 Å². The van der Waals surface area contributed by atoms with Gasteiger partial charge in [0.2, 0.25) is 0 Å². The summed E-state index contributed by atoms with van der Waals surface area (Å²) >= 11 is 2.79. The molecule has 4 aromatic rings. The maximum absolute atomic E-state index is 13.0. The van der Waals surface area contributed by atoms with Gasteiger partial charge >= 0.3 is 0 Å². The molecule has 28 heavy (non-hydrogen) atoms. The normalized spacial score (nSPS) is 11.9. The minimum atomic E-state index is -0.233. The van der Waals surface area contributed by atoms with E-state index in [4.69, 9.17) is 16.4 Å². The molecule has 0 saturated carbocycles. The summed E-state index contributed by atoms with van der Waals surface area (Å²) in [7, 11) is 1.80. The number of nitrogens with two attached hydrogens (primary N) is 1. The molecule has 9 nitrogen and oxygen atoms in total. The fraction of sp³-hybridized carbons (Fsp3) is 0.176. The summed E-state index contributed by atoms with van der Waals surface area (Å²) in [5.74, 6) is 0. The van der Waals surface area contributed by atoms with Crippen LogP contribution in [0.5, 0.6) is 0 Å². The van der Waals surface area contributed by atoms with Crippen molar-refractivity contribution in [1.29, 1.82) is 10.7 Å². The van der Waals surface area contributed by atoms with Crippen LogP contribution in [0.25, 0.3) is 21.3 Å². The summed E-state index contributed by atoms with van der Waals surface area (Å²) < 4.78 is 4.00. The molecule has 0 radical (unpaired) electrons. The highest BCUT2D eigenvalue weighted by molar-refractivity contribution is 7.19. The van der Waals surface area contributed by atoms with Crippen molar-refractivity contribution in [2.45, 2.75) is 13.0 Å². The number of allylic oxidation sites excluding steroid dienone is 2. The number of nitrogens with zero attached hydrogens (tertiary/aromatic N) is 6. The van der Waals surface area contributed by atoms with Gasteiger partial charge in [-0.3, -0.25) is 4.79 Å². The van der Waals surface area contributed by atoms with Gasteiger partial charge in [-0.1, -0.05) is 0 Å². The summed E-state index contributed by atoms with van der Waals surface area (Å²) in [6.07, 6.45) is 4.79. The molecular weight excluding hydrogens is 396 g/mol. The second-order valence-corrected chi connectivity index (χ2v) is 8.04. The molecule has 3 N–H and O–H groups in total. The molecule has 0 amide bonds. The summed E-state index contributed by atoms with van der Waals surface area (Å²) in [5.41, 5.74) is 7.75. The molecule has 0 bridgehead atoms. The van der Waals surface area contributed by atoms with Crippen molar-refractivity contribution < 1.29 is 0 Å². The Bertz CT molecular complexity index is 1350. The van der Waals surface area contributed by atoms with Gasteiger partial charge in [0.25, 0.3) is 5.56 Å². The highest BCUT2D eigenvalue weighted by Crippen LogP contribution is 2.31. The van der Waals surface area contributed by atoms with Crippen molar-refractivity contribution in [2.24, 2.45) is 12.8 Å². The number of thiazole rings is 2. The number of aromatic nitrogens is 5. The summed E-state index contributed by atoms with van der Waals surface area (Å²) in [6.45, 7) is 0.212. The van der Waals surface area contributed by atoms with Crippen LogP contribution in [0, 0.1) is 16.7 Å². The Morgan fingerprint density at radius 3 is 2.96 bits per heavy atom. The highest BCUT2D eigenvalue weighted by Gasteiger charge is 2.18. The zero-order chi connectivity index (χ0) is 19.8. The number of fused-ring (bicyclic) bond motifs is 3. The van der Waals surface area contributed by atoms with Crippen LogP contribution in [0.3, 0.4) is 0 Å². The molecule has 0 aromatic carbocycles. The molecule has 0 aliphatic heterocycles. The SMILES string of the molecule is Cn1c2nc(CC(N)=CC=N)sc2c2cnn(Cc3nc(C#N)cs3)c(=O)c21. The Hall–Kier alpha value is -3.36. The van der Waals surface area contributed by atoms with Crippen LogP contribution in [-0.2, 0) is 20.0 Å². The van der Waals surface area contributed by atoms with E-state index in [-0.39, 0.29) is 12.1 Å². The monoisotopic (exact) mass is 410 g/mol. The molecule has 0 aliphatic carbocycles. The van der Waals surface area contributed by atoms with Gasteiger partial charge in [0.15, 0.2) is 11.3 Å². The van der Waals surface area contributed by atoms with Gasteiger partial charge in [-0.2, -0.15) is 10.4 Å². The van der Waals surface area contributed by atoms with E-state index in [2.05, 4.69) is 15.1 Å². The Morgan fingerprint density at radius 2 is 2.25 bits per heavy atom. The standard InChI is InChI=1S/C17H14N8OS2/c1-24-14-11(15-16(24)23-12(28-15)4-9(20)2-3-18)6-21-25(17(14)26)7-13-22-10(5-19)8-27-13/h2-3,6,8,18H,4,7,20H2,1H3. The third kappa shape index (κ3) is 2.98. The molecule has 4 aromatic heterocycles. The van der Waals surface area contributed by atoms with E-state index < -0.39 is 0 Å². The third-order valence-corrected chi connectivity index (χ3v) is 6.09. The first-order valence-electron chi connectivity index (χ1n) is 8.15. The molecule has 0 spiro atoms. The highest BCUT2D eigenvalue weighted by atomic mass is 32.1. The van der Waals surface area contributed by atoms with E-state index in [0.29, 0.717) is 34.0 Å². The molecular formula is C17H14N8OS2. The summed E-state index contributed by atoms with van der Waals surface area (Å²) in [6, 6.07) is 1.98. The number of aryl methyl sites for hydroxylation is 1. The minimum Gasteiger partial charge on any atom is -0.402 e. The maximum atomic E-state index is 13.0. The molecule has 4 heterocycles. The molecule has 0 saturated heterocycles. The Morgan fingerprint density at radius 1 is 1.43 bits per heavy atom. The number of nitrogens with one attached hydrogen (secondary N) is 1. The van der Waals surface area contributed by atoms with Crippen LogP contribution in [0.15, 0.2) is 28.1 Å². The van der Waals surface area contributed by atoms with Crippen molar-refractivity contribution in [3.8, 4) is 6.07 Å². The van der Waals surface area contributed by atoms with Crippen molar-refractivity contribution >= 4 is 50.1 Å². The average Bonchev–Trinajstić information content (AvgIpc) is 3.34. The Labute approximate surface area is 166 Å². The number of nitriles is 1. The average molecular weight is 410 g/mol. The first-order valence-corrected chi connectivity index (χ1v) is 9.85. The summed E-state index contributed by atoms with van der Waals surface area (Å²) in [4.78, 5) is 21.7. The lowest BCUT2D eigenvalue weighted by atomic mass is 10.3. The van der Waals surface area contributed by atoms with Crippen molar-refractivity contribution in [3.63, 3.8) is 0 Å². The van der Waals surface area contributed by atoms with Gasteiger partial charge in [-0.15, -0.1) is 22.7 Å². The van der Waals surface area contributed by atoms with Gasteiger partial charge < -0.3 is 15.7 Å². The Balaban J connectivity index is 1.77. The predicted octanol–water partition coefficient (Wildman–Crippen LogP) is 1.76. The predicted molar refractivity (Wildman–Crippen MR) is 109 cm³/mol. The van der Waals surface area contributed by atoms with E-state index in [1.807, 2.05) is 6.07 Å². The van der Waals surface area contributed by atoms with E-state index in [1.165, 1.54) is 33.4 Å². The second-order valence-electron chi connectivity index (χ2n) is 6.01. The fourth-order valence-corrected chi connectivity index (χ4v) is 4.77. The lowest BCUT2D eigenvalue weighted by Crippen LogP contribution is -2.24. The largest absolute Gasteiger partial charge is 0.402 e.